The number of fused-ring (bicyclic) bond motifs is 3. The van der Waals surface area contributed by atoms with Crippen LogP contribution in [-0.2, 0) is 4.79 Å². The van der Waals surface area contributed by atoms with Gasteiger partial charge in [-0.05, 0) is 24.6 Å². The number of amides is 1. The average molecular weight is 487 g/mol. The van der Waals surface area contributed by atoms with Crippen molar-refractivity contribution in [2.24, 2.45) is 0 Å². The van der Waals surface area contributed by atoms with E-state index in [1.165, 1.54) is 32.9 Å². The first-order valence-electron chi connectivity index (χ1n) is 10.4. The normalized spacial score (nSPS) is 14.5. The second-order valence-corrected chi connectivity index (χ2v) is 8.82. The Bertz CT molecular complexity index is 1220. The zero-order valence-electron chi connectivity index (χ0n) is 18.7. The number of anilines is 1. The highest BCUT2D eigenvalue weighted by atomic mass is 35.5. The summed E-state index contributed by atoms with van der Waals surface area (Å²) in [5.74, 6) is 1.01. The summed E-state index contributed by atoms with van der Waals surface area (Å²) in [6, 6.07) is 10.5. The summed E-state index contributed by atoms with van der Waals surface area (Å²) in [5.41, 5.74) is 1.99. The Morgan fingerprint density at radius 1 is 1.24 bits per heavy atom. The zero-order valence-corrected chi connectivity index (χ0v) is 20.2. The van der Waals surface area contributed by atoms with Crippen LogP contribution >= 0.6 is 23.4 Å². The molecule has 1 amide bonds. The van der Waals surface area contributed by atoms with Gasteiger partial charge in [-0.2, -0.15) is 0 Å². The molecule has 0 saturated heterocycles. The number of carbonyl (C=O) groups excluding carboxylic acids is 1. The first-order valence-corrected chi connectivity index (χ1v) is 11.7. The molecule has 1 atom stereocenters. The second-order valence-electron chi connectivity index (χ2n) is 7.35. The number of thioether (sulfide) groups is 1. The Morgan fingerprint density at radius 2 is 1.94 bits per heavy atom. The molecule has 1 aliphatic rings. The van der Waals surface area contributed by atoms with Crippen molar-refractivity contribution in [3.05, 3.63) is 47.0 Å². The van der Waals surface area contributed by atoms with Crippen molar-refractivity contribution in [3.63, 3.8) is 0 Å². The molecule has 0 aliphatic carbocycles. The second kappa shape index (κ2) is 9.44. The van der Waals surface area contributed by atoms with Crippen molar-refractivity contribution >= 4 is 35.0 Å². The van der Waals surface area contributed by atoms with E-state index in [-0.39, 0.29) is 5.91 Å². The third-order valence-electron chi connectivity index (χ3n) is 5.27. The highest BCUT2D eigenvalue weighted by Gasteiger charge is 2.45. The van der Waals surface area contributed by atoms with Gasteiger partial charge in [-0.1, -0.05) is 47.1 Å². The summed E-state index contributed by atoms with van der Waals surface area (Å²) < 4.78 is 12.4. The number of hydrogen-bond donors (Lipinski definition) is 0. The zero-order chi connectivity index (χ0) is 23.7. The largest absolute Gasteiger partial charge is 0.854 e. The van der Waals surface area contributed by atoms with Crippen LogP contribution in [0.5, 0.6) is 17.4 Å². The van der Waals surface area contributed by atoms with E-state index in [1.807, 2.05) is 19.1 Å². The highest BCUT2D eigenvalue weighted by molar-refractivity contribution is 7.99. The van der Waals surface area contributed by atoms with E-state index in [4.69, 9.17) is 21.1 Å². The van der Waals surface area contributed by atoms with Crippen LogP contribution in [0.2, 0.25) is 5.02 Å². The molecule has 1 aromatic heterocycles. The maximum atomic E-state index is 13.2. The molecule has 0 radical (unpaired) electrons. The van der Waals surface area contributed by atoms with Crippen molar-refractivity contribution in [2.75, 3.05) is 24.9 Å². The van der Waals surface area contributed by atoms with Gasteiger partial charge < -0.3 is 14.6 Å². The van der Waals surface area contributed by atoms with Crippen LogP contribution in [0.15, 0.2) is 41.6 Å². The van der Waals surface area contributed by atoms with Crippen molar-refractivity contribution in [1.29, 1.82) is 0 Å². The molecule has 0 fully saturated rings. The minimum Gasteiger partial charge on any atom is -0.854 e. The van der Waals surface area contributed by atoms with Crippen LogP contribution in [0.1, 0.15) is 32.0 Å². The number of nitrogens with zero attached hydrogens (tertiary/aromatic N) is 4. The molecule has 3 aromatic rings. The molecule has 10 heteroatoms. The predicted octanol–water partition coefficient (Wildman–Crippen LogP) is 3.59. The highest BCUT2D eigenvalue weighted by Crippen LogP contribution is 2.44. The van der Waals surface area contributed by atoms with Crippen molar-refractivity contribution in [3.8, 4) is 28.6 Å². The number of methoxy groups -OCH3 is 2. The number of ether oxygens (including phenoxy) is 2. The minimum absolute atomic E-state index is 0.231. The number of hydrogen-bond acceptors (Lipinski definition) is 7. The Hall–Kier alpha value is -3.04. The van der Waals surface area contributed by atoms with Gasteiger partial charge in [-0.25, -0.2) is 9.88 Å². The SMILES string of the molecule is CCCSc1nc([O-])c2[n+](n1)C(c1cc(OC)c(OC)cc1Cl)N(C(C)=O)c1ccccc1-2. The number of aromatic nitrogens is 3. The standard InChI is InChI=1S/C23H23ClN4O4S/c1-5-10-33-23-25-21(30)20-14-8-6-7-9-17(14)27(13(2)29)22(28(20)26-23)15-11-18(31-3)19(32-4)12-16(15)24/h6-9,11-12,22H,5,10H2,1-4H3. The van der Waals surface area contributed by atoms with E-state index in [0.717, 1.165) is 12.2 Å². The van der Waals surface area contributed by atoms with Gasteiger partial charge in [0.15, 0.2) is 11.5 Å². The van der Waals surface area contributed by atoms with Gasteiger partial charge >= 0.3 is 0 Å². The van der Waals surface area contributed by atoms with Gasteiger partial charge in [0.25, 0.3) is 17.0 Å². The number of rotatable bonds is 6. The molecule has 0 N–H and O–H groups in total. The summed E-state index contributed by atoms with van der Waals surface area (Å²) in [7, 11) is 3.04. The van der Waals surface area contributed by atoms with Gasteiger partial charge in [0.1, 0.15) is 0 Å². The summed E-state index contributed by atoms with van der Waals surface area (Å²) >= 11 is 8.07. The summed E-state index contributed by atoms with van der Waals surface area (Å²) in [6.45, 7) is 3.51. The number of para-hydroxylation sites is 1. The van der Waals surface area contributed by atoms with Gasteiger partial charge in [-0.3, -0.25) is 4.79 Å². The first-order chi connectivity index (χ1) is 15.9. The molecule has 2 aromatic carbocycles. The van der Waals surface area contributed by atoms with Crippen molar-refractivity contribution < 1.29 is 24.1 Å². The topological polar surface area (TPSA) is 91.5 Å². The fraction of sp³-hybridized carbons (Fsp3) is 0.304. The molecule has 1 unspecified atom stereocenters. The summed E-state index contributed by atoms with van der Waals surface area (Å²) in [5, 5.41) is 18.6. The third-order valence-corrected chi connectivity index (χ3v) is 6.64. The monoisotopic (exact) mass is 486 g/mol. The molecule has 0 bridgehead atoms. The smallest absolute Gasteiger partial charge is 0.294 e. The van der Waals surface area contributed by atoms with Crippen LogP contribution in [-0.4, -0.2) is 36.0 Å². The Kier molecular flexibility index (Phi) is 6.62. The summed E-state index contributed by atoms with van der Waals surface area (Å²) in [4.78, 5) is 18.8. The molecule has 8 nitrogen and oxygen atoms in total. The van der Waals surface area contributed by atoms with E-state index in [1.54, 1.807) is 33.8 Å². The molecule has 172 valence electrons. The average Bonchev–Trinajstić information content (AvgIpc) is 2.81. The Balaban J connectivity index is 2.04. The molecule has 1 aliphatic heterocycles. The predicted molar refractivity (Wildman–Crippen MR) is 124 cm³/mol. The maximum Gasteiger partial charge on any atom is 0.294 e. The van der Waals surface area contributed by atoms with Crippen molar-refractivity contribution in [1.82, 2.24) is 10.1 Å². The quantitative estimate of drug-likeness (QED) is 0.388. The molecule has 33 heavy (non-hydrogen) atoms. The lowest BCUT2D eigenvalue weighted by Crippen LogP contribution is -2.58. The van der Waals surface area contributed by atoms with Crippen molar-refractivity contribution in [2.45, 2.75) is 31.6 Å². The molecular formula is C23H23ClN4O4S. The third kappa shape index (κ3) is 4.06. The molecule has 0 spiro atoms. The number of carbonyl (C=O) groups is 1. The minimum atomic E-state index is -0.823. The van der Waals surface area contributed by atoms with Gasteiger partial charge in [-0.15, -0.1) is 0 Å². The van der Waals surface area contributed by atoms with Crippen LogP contribution < -0.4 is 24.2 Å². The first kappa shape index (κ1) is 23.1. The van der Waals surface area contributed by atoms with Crippen LogP contribution in [0.3, 0.4) is 0 Å². The van der Waals surface area contributed by atoms with Crippen LogP contribution in [0.25, 0.3) is 11.3 Å². The number of benzene rings is 2. The van der Waals surface area contributed by atoms with E-state index in [2.05, 4.69) is 10.1 Å². The number of halogens is 1. The molecule has 2 heterocycles. The lowest BCUT2D eigenvalue weighted by molar-refractivity contribution is -0.764. The molecule has 0 saturated carbocycles. The summed E-state index contributed by atoms with van der Waals surface area (Å²) in [6.07, 6.45) is 0.0773. The fourth-order valence-corrected chi connectivity index (χ4v) is 4.81. The van der Waals surface area contributed by atoms with E-state index in [9.17, 15) is 9.90 Å². The van der Waals surface area contributed by atoms with Gasteiger partial charge in [0.2, 0.25) is 5.91 Å². The van der Waals surface area contributed by atoms with E-state index >= 15 is 0 Å². The maximum absolute atomic E-state index is 13.2. The lowest BCUT2D eigenvalue weighted by Gasteiger charge is -2.33. The van der Waals surface area contributed by atoms with Gasteiger partial charge in [0, 0.05) is 23.8 Å². The van der Waals surface area contributed by atoms with Gasteiger partial charge in [0.05, 0.1) is 41.9 Å². The van der Waals surface area contributed by atoms with Crippen LogP contribution in [0.4, 0.5) is 5.69 Å². The molecule has 4 rings (SSSR count). The van der Waals surface area contributed by atoms with E-state index < -0.39 is 12.0 Å². The van der Waals surface area contributed by atoms with E-state index in [0.29, 0.717) is 44.2 Å². The van der Waals surface area contributed by atoms with Crippen LogP contribution in [0, 0.1) is 0 Å². The Morgan fingerprint density at radius 3 is 2.61 bits per heavy atom. The Labute approximate surface area is 201 Å². The lowest BCUT2D eigenvalue weighted by atomic mass is 10.0. The fourth-order valence-electron chi connectivity index (χ4n) is 3.88. The molecular weight excluding hydrogens is 464 g/mol.